The number of nitrogens with zero attached hydrogens (tertiary/aromatic N) is 4. The van der Waals surface area contributed by atoms with Crippen LogP contribution in [0.15, 0.2) is 71.9 Å². The Hall–Kier alpha value is -4.65. The lowest BCUT2D eigenvalue weighted by molar-refractivity contribution is -0.136. The number of aromatic amines is 1. The quantitative estimate of drug-likeness (QED) is 0.313. The molecule has 5 rings (SSSR count). The molecule has 0 radical (unpaired) electrons. The molecule has 2 N–H and O–H groups in total. The molecule has 3 heterocycles. The van der Waals surface area contributed by atoms with E-state index in [1.165, 1.54) is 29.2 Å². The maximum Gasteiger partial charge on any atom is 0.417 e. The third-order valence-electron chi connectivity index (χ3n) is 5.76. The number of halogens is 3. The van der Waals surface area contributed by atoms with Gasteiger partial charge in [0.2, 0.25) is 5.69 Å². The largest absolute Gasteiger partial charge is 0.417 e. The zero-order chi connectivity index (χ0) is 24.7. The Bertz CT molecular complexity index is 1670. The number of hydrogen-bond acceptors (Lipinski definition) is 4. The molecular weight excluding hydrogens is 457 g/mol. The third-order valence-corrected chi connectivity index (χ3v) is 5.76. The first kappa shape index (κ1) is 22.2. The standard InChI is InChI=1S/C25H17F3N6O/c1-14(33-23-21-18(29-2)12-30-22(21)31-13-32-23)19-11-15-7-6-10-17(25(26,27)28)20(15)24(35)34(19)16-8-4-3-5-9-16/h3-14H,1H3,(H2,30,31,32,33)/t14-/m0/s1. The van der Waals surface area contributed by atoms with E-state index in [1.54, 1.807) is 43.3 Å². The zero-order valence-corrected chi connectivity index (χ0v) is 18.3. The highest BCUT2D eigenvalue weighted by Gasteiger charge is 2.34. The lowest BCUT2D eigenvalue weighted by atomic mass is 10.0. The van der Waals surface area contributed by atoms with E-state index in [0.29, 0.717) is 33.9 Å². The number of alkyl halides is 3. The fourth-order valence-electron chi connectivity index (χ4n) is 4.20. The van der Waals surface area contributed by atoms with Gasteiger partial charge in [-0.2, -0.15) is 13.2 Å². The van der Waals surface area contributed by atoms with Crippen LogP contribution in [0.2, 0.25) is 0 Å². The average Bonchev–Trinajstić information content (AvgIpc) is 3.28. The van der Waals surface area contributed by atoms with Crippen LogP contribution in [0.3, 0.4) is 0 Å². The number of anilines is 1. The predicted molar refractivity (Wildman–Crippen MR) is 127 cm³/mol. The van der Waals surface area contributed by atoms with Crippen LogP contribution < -0.4 is 10.9 Å². The van der Waals surface area contributed by atoms with Gasteiger partial charge < -0.3 is 10.3 Å². The first-order valence-electron chi connectivity index (χ1n) is 10.6. The number of rotatable bonds is 4. The highest BCUT2D eigenvalue weighted by atomic mass is 19.4. The second kappa shape index (κ2) is 8.29. The van der Waals surface area contributed by atoms with E-state index in [2.05, 4.69) is 25.1 Å². The van der Waals surface area contributed by atoms with Crippen LogP contribution in [0.4, 0.5) is 24.7 Å². The van der Waals surface area contributed by atoms with Gasteiger partial charge in [-0.1, -0.05) is 30.3 Å². The molecule has 174 valence electrons. The van der Waals surface area contributed by atoms with Crippen molar-refractivity contribution in [3.05, 3.63) is 100 Å². The normalized spacial score (nSPS) is 12.5. The Balaban J connectivity index is 1.74. The number of benzene rings is 2. The Kier molecular flexibility index (Phi) is 5.25. The molecule has 0 saturated carbocycles. The summed E-state index contributed by atoms with van der Waals surface area (Å²) in [5, 5.41) is 3.48. The van der Waals surface area contributed by atoms with E-state index >= 15 is 0 Å². The van der Waals surface area contributed by atoms with Crippen LogP contribution in [-0.2, 0) is 6.18 Å². The van der Waals surface area contributed by atoms with Crippen molar-refractivity contribution in [1.82, 2.24) is 19.5 Å². The molecule has 0 spiro atoms. The molecule has 0 aliphatic heterocycles. The molecule has 0 amide bonds. The first-order chi connectivity index (χ1) is 16.8. The van der Waals surface area contributed by atoms with Crippen molar-refractivity contribution in [3.63, 3.8) is 0 Å². The van der Waals surface area contributed by atoms with Crippen molar-refractivity contribution in [2.24, 2.45) is 0 Å². The molecule has 1 atom stereocenters. The average molecular weight is 474 g/mol. The molecule has 0 aliphatic rings. The van der Waals surface area contributed by atoms with Gasteiger partial charge in [0.1, 0.15) is 17.8 Å². The minimum atomic E-state index is -4.68. The van der Waals surface area contributed by atoms with Gasteiger partial charge in [-0.15, -0.1) is 0 Å². The minimum Gasteiger partial charge on any atom is -0.362 e. The van der Waals surface area contributed by atoms with Gasteiger partial charge in [-0.3, -0.25) is 9.36 Å². The zero-order valence-electron chi connectivity index (χ0n) is 18.3. The summed E-state index contributed by atoms with van der Waals surface area (Å²) in [6.07, 6.45) is -1.83. The lowest BCUT2D eigenvalue weighted by Crippen LogP contribution is -2.27. The molecule has 0 saturated heterocycles. The maximum absolute atomic E-state index is 13.8. The second-order valence-corrected chi connectivity index (χ2v) is 7.91. The van der Waals surface area contributed by atoms with Gasteiger partial charge in [-0.05, 0) is 36.6 Å². The fourth-order valence-corrected chi connectivity index (χ4v) is 4.20. The van der Waals surface area contributed by atoms with Gasteiger partial charge in [0, 0.05) is 17.6 Å². The minimum absolute atomic E-state index is 0.178. The summed E-state index contributed by atoms with van der Waals surface area (Å²) < 4.78 is 42.6. The van der Waals surface area contributed by atoms with E-state index in [1.807, 2.05) is 0 Å². The lowest BCUT2D eigenvalue weighted by Gasteiger charge is -2.22. The number of aromatic nitrogens is 4. The number of nitrogens with one attached hydrogen (secondary N) is 2. The summed E-state index contributed by atoms with van der Waals surface area (Å²) in [7, 11) is 0. The molecule has 0 bridgehead atoms. The Labute approximate surface area is 196 Å². The van der Waals surface area contributed by atoms with Crippen LogP contribution in [0.5, 0.6) is 0 Å². The molecule has 10 heteroatoms. The van der Waals surface area contributed by atoms with Crippen molar-refractivity contribution in [3.8, 4) is 5.69 Å². The van der Waals surface area contributed by atoms with Crippen LogP contribution in [-0.4, -0.2) is 19.5 Å². The second-order valence-electron chi connectivity index (χ2n) is 7.91. The summed E-state index contributed by atoms with van der Waals surface area (Å²) in [6.45, 7) is 9.17. The van der Waals surface area contributed by atoms with Crippen LogP contribution in [0.25, 0.3) is 32.3 Å². The molecule has 5 aromatic rings. The Morgan fingerprint density at radius 1 is 1.09 bits per heavy atom. The van der Waals surface area contributed by atoms with Crippen LogP contribution in [0.1, 0.15) is 24.2 Å². The molecule has 7 nitrogen and oxygen atoms in total. The number of fused-ring (bicyclic) bond motifs is 2. The van der Waals surface area contributed by atoms with Gasteiger partial charge in [0.05, 0.1) is 28.9 Å². The van der Waals surface area contributed by atoms with E-state index in [9.17, 15) is 18.0 Å². The summed E-state index contributed by atoms with van der Waals surface area (Å²) in [5.41, 5.74) is -0.112. The van der Waals surface area contributed by atoms with Crippen molar-refractivity contribution in [1.29, 1.82) is 0 Å². The smallest absolute Gasteiger partial charge is 0.362 e. The van der Waals surface area contributed by atoms with E-state index in [4.69, 9.17) is 6.57 Å². The monoisotopic (exact) mass is 474 g/mol. The van der Waals surface area contributed by atoms with Crippen molar-refractivity contribution in [2.75, 3.05) is 5.32 Å². The maximum atomic E-state index is 13.8. The highest BCUT2D eigenvalue weighted by molar-refractivity contribution is 5.99. The number of H-pyrrole nitrogens is 1. The van der Waals surface area contributed by atoms with Gasteiger partial charge in [-0.25, -0.2) is 14.8 Å². The highest BCUT2D eigenvalue weighted by Crippen LogP contribution is 2.35. The summed E-state index contributed by atoms with van der Waals surface area (Å²) >= 11 is 0. The van der Waals surface area contributed by atoms with Crippen LogP contribution in [0, 0.1) is 6.57 Å². The summed E-state index contributed by atoms with van der Waals surface area (Å²) in [4.78, 5) is 28.4. The molecule has 35 heavy (non-hydrogen) atoms. The predicted octanol–water partition coefficient (Wildman–Crippen LogP) is 6.00. The van der Waals surface area contributed by atoms with Gasteiger partial charge >= 0.3 is 6.18 Å². The van der Waals surface area contributed by atoms with Gasteiger partial charge in [0.15, 0.2) is 0 Å². The fraction of sp³-hybridized carbons (Fsp3) is 0.120. The van der Waals surface area contributed by atoms with Gasteiger partial charge in [0.25, 0.3) is 5.56 Å². The summed E-state index contributed by atoms with van der Waals surface area (Å²) in [6, 6.07) is 13.2. The number of para-hydroxylation sites is 1. The van der Waals surface area contributed by atoms with E-state index in [0.717, 1.165) is 6.07 Å². The third kappa shape index (κ3) is 3.77. The topological polar surface area (TPSA) is 80.0 Å². The molecule has 0 fully saturated rings. The molecule has 3 aromatic heterocycles. The number of pyridine rings is 1. The Morgan fingerprint density at radius 2 is 1.86 bits per heavy atom. The molecule has 2 aromatic carbocycles. The first-order valence-corrected chi connectivity index (χ1v) is 10.6. The molecule has 0 unspecified atom stereocenters. The van der Waals surface area contributed by atoms with Crippen molar-refractivity contribution >= 4 is 33.3 Å². The van der Waals surface area contributed by atoms with E-state index in [-0.39, 0.29) is 5.39 Å². The Morgan fingerprint density at radius 3 is 2.57 bits per heavy atom. The SMILES string of the molecule is [C-]#[N+]c1c[nH]c2ncnc(N[C@@H](C)c3cc4cccc(C(F)(F)F)c4c(=O)n3-c3ccccc3)c12. The molecule has 0 aliphatic carbocycles. The molecular formula is C25H17F3N6O. The van der Waals surface area contributed by atoms with E-state index < -0.39 is 28.7 Å². The van der Waals surface area contributed by atoms with Crippen molar-refractivity contribution in [2.45, 2.75) is 19.1 Å². The number of hydrogen-bond donors (Lipinski definition) is 2. The van der Waals surface area contributed by atoms with Crippen LogP contribution >= 0.6 is 0 Å². The summed E-state index contributed by atoms with van der Waals surface area (Å²) in [5.74, 6) is 0.367. The van der Waals surface area contributed by atoms with Crippen molar-refractivity contribution < 1.29 is 13.2 Å².